The summed E-state index contributed by atoms with van der Waals surface area (Å²) in [7, 11) is 0. The van der Waals surface area contributed by atoms with Crippen LogP contribution in [0.5, 0.6) is 0 Å². The number of piperidine rings is 1. The van der Waals surface area contributed by atoms with Crippen LogP contribution in [0.1, 0.15) is 26.7 Å². The number of rotatable bonds is 4. The predicted molar refractivity (Wildman–Crippen MR) is 63.2 cm³/mol. The lowest BCUT2D eigenvalue weighted by molar-refractivity contribution is -0.119. The lowest BCUT2D eigenvalue weighted by Gasteiger charge is -2.33. The summed E-state index contributed by atoms with van der Waals surface area (Å²) < 4.78 is 0. The first-order valence-corrected chi connectivity index (χ1v) is 6.20. The third-order valence-electron chi connectivity index (χ3n) is 2.83. The van der Waals surface area contributed by atoms with E-state index in [0.717, 1.165) is 38.4 Å². The van der Waals surface area contributed by atoms with Gasteiger partial charge in [-0.25, -0.2) is 0 Å². The Morgan fingerprint density at radius 1 is 1.53 bits per heavy atom. The number of amides is 1. The molecule has 3 nitrogen and oxygen atoms in total. The van der Waals surface area contributed by atoms with Gasteiger partial charge in [-0.3, -0.25) is 4.79 Å². The summed E-state index contributed by atoms with van der Waals surface area (Å²) in [6.45, 7) is 6.99. The predicted octanol–water partition coefficient (Wildman–Crippen LogP) is 1.46. The molecule has 88 valence electrons. The third kappa shape index (κ3) is 4.85. The SMILES string of the molecule is CC(=O)NC1CCN(CC(C)CCl)CC1. The van der Waals surface area contributed by atoms with E-state index in [2.05, 4.69) is 17.1 Å². The van der Waals surface area contributed by atoms with E-state index in [4.69, 9.17) is 11.6 Å². The summed E-state index contributed by atoms with van der Waals surface area (Å²) in [4.78, 5) is 13.3. The number of nitrogens with zero attached hydrogens (tertiary/aromatic N) is 1. The molecule has 1 atom stereocenters. The summed E-state index contributed by atoms with van der Waals surface area (Å²) >= 11 is 5.79. The van der Waals surface area contributed by atoms with Gasteiger partial charge >= 0.3 is 0 Å². The quantitative estimate of drug-likeness (QED) is 0.745. The number of halogens is 1. The molecule has 0 saturated carbocycles. The van der Waals surface area contributed by atoms with Gasteiger partial charge in [-0.2, -0.15) is 0 Å². The molecule has 0 aliphatic carbocycles. The van der Waals surface area contributed by atoms with Gasteiger partial charge in [0.05, 0.1) is 0 Å². The highest BCUT2D eigenvalue weighted by atomic mass is 35.5. The van der Waals surface area contributed by atoms with Gasteiger partial charge in [0, 0.05) is 38.5 Å². The molecule has 0 spiro atoms. The molecule has 1 aliphatic heterocycles. The summed E-state index contributed by atoms with van der Waals surface area (Å²) in [6.07, 6.45) is 2.13. The van der Waals surface area contributed by atoms with Gasteiger partial charge in [0.15, 0.2) is 0 Å². The van der Waals surface area contributed by atoms with Crippen LogP contribution in [0.3, 0.4) is 0 Å². The second kappa shape index (κ2) is 6.33. The van der Waals surface area contributed by atoms with Crippen molar-refractivity contribution in [3.8, 4) is 0 Å². The Balaban J connectivity index is 2.20. The normalized spacial score (nSPS) is 21.3. The lowest BCUT2D eigenvalue weighted by atomic mass is 10.0. The van der Waals surface area contributed by atoms with Crippen molar-refractivity contribution in [3.05, 3.63) is 0 Å². The maximum Gasteiger partial charge on any atom is 0.217 e. The van der Waals surface area contributed by atoms with Gasteiger partial charge in [-0.15, -0.1) is 11.6 Å². The summed E-state index contributed by atoms with van der Waals surface area (Å²) in [6, 6.07) is 0.380. The Labute approximate surface area is 97.2 Å². The van der Waals surface area contributed by atoms with Crippen molar-refractivity contribution in [1.82, 2.24) is 10.2 Å². The van der Waals surface area contributed by atoms with Crippen LogP contribution >= 0.6 is 11.6 Å². The Kier molecular flexibility index (Phi) is 5.40. The van der Waals surface area contributed by atoms with Crippen LogP contribution in [0, 0.1) is 5.92 Å². The molecule has 1 heterocycles. The standard InChI is InChI=1S/C11H21ClN2O/c1-9(7-12)8-14-5-3-11(4-6-14)13-10(2)15/h9,11H,3-8H2,1-2H3,(H,13,15). The van der Waals surface area contributed by atoms with E-state index in [1.54, 1.807) is 6.92 Å². The number of alkyl halides is 1. The second-order valence-corrected chi connectivity index (χ2v) is 4.84. The van der Waals surface area contributed by atoms with Gasteiger partial charge in [0.25, 0.3) is 0 Å². The third-order valence-corrected chi connectivity index (χ3v) is 3.36. The van der Waals surface area contributed by atoms with Gasteiger partial charge in [0.1, 0.15) is 0 Å². The molecule has 1 rings (SSSR count). The fourth-order valence-electron chi connectivity index (χ4n) is 2.04. The van der Waals surface area contributed by atoms with Gasteiger partial charge in [-0.05, 0) is 18.8 Å². The van der Waals surface area contributed by atoms with Crippen LogP contribution in [0.4, 0.5) is 0 Å². The lowest BCUT2D eigenvalue weighted by Crippen LogP contribution is -2.45. The molecule has 0 aromatic heterocycles. The highest BCUT2D eigenvalue weighted by molar-refractivity contribution is 6.18. The minimum absolute atomic E-state index is 0.0857. The largest absolute Gasteiger partial charge is 0.354 e. The molecule has 1 fully saturated rings. The molecule has 0 radical (unpaired) electrons. The Morgan fingerprint density at radius 3 is 2.60 bits per heavy atom. The van der Waals surface area contributed by atoms with Crippen molar-refractivity contribution in [1.29, 1.82) is 0 Å². The first kappa shape index (κ1) is 12.8. The first-order chi connectivity index (χ1) is 7.11. The minimum Gasteiger partial charge on any atom is -0.354 e. The Hall–Kier alpha value is -0.280. The number of carbonyl (C=O) groups excluding carboxylic acids is 1. The number of nitrogens with one attached hydrogen (secondary N) is 1. The van der Waals surface area contributed by atoms with E-state index < -0.39 is 0 Å². The molecular weight excluding hydrogens is 212 g/mol. The van der Waals surface area contributed by atoms with Crippen molar-refractivity contribution in [2.24, 2.45) is 5.92 Å². The zero-order chi connectivity index (χ0) is 11.3. The topological polar surface area (TPSA) is 32.3 Å². The van der Waals surface area contributed by atoms with Gasteiger partial charge < -0.3 is 10.2 Å². The first-order valence-electron chi connectivity index (χ1n) is 5.67. The maximum atomic E-state index is 10.9. The van der Waals surface area contributed by atoms with Crippen molar-refractivity contribution in [3.63, 3.8) is 0 Å². The van der Waals surface area contributed by atoms with Crippen LogP contribution in [-0.2, 0) is 4.79 Å². The van der Waals surface area contributed by atoms with Crippen LogP contribution in [0.25, 0.3) is 0 Å². The molecular formula is C11H21ClN2O. The smallest absolute Gasteiger partial charge is 0.217 e. The van der Waals surface area contributed by atoms with Crippen molar-refractivity contribution < 1.29 is 4.79 Å². The van der Waals surface area contributed by atoms with Gasteiger partial charge in [-0.1, -0.05) is 6.92 Å². The van der Waals surface area contributed by atoms with E-state index in [9.17, 15) is 4.79 Å². The highest BCUT2D eigenvalue weighted by Gasteiger charge is 2.20. The fraction of sp³-hybridized carbons (Fsp3) is 0.909. The molecule has 1 saturated heterocycles. The molecule has 1 amide bonds. The molecule has 0 aromatic rings. The molecule has 0 bridgehead atoms. The molecule has 0 aromatic carbocycles. The molecule has 4 heteroatoms. The Bertz CT molecular complexity index is 203. The molecule has 1 unspecified atom stereocenters. The van der Waals surface area contributed by atoms with Crippen LogP contribution in [0.15, 0.2) is 0 Å². The van der Waals surface area contributed by atoms with E-state index in [1.807, 2.05) is 0 Å². The molecule has 1 aliphatic rings. The fourth-order valence-corrected chi connectivity index (χ4v) is 2.13. The zero-order valence-corrected chi connectivity index (χ0v) is 10.4. The summed E-state index contributed by atoms with van der Waals surface area (Å²) in [5.74, 6) is 1.37. The monoisotopic (exact) mass is 232 g/mol. The Morgan fingerprint density at radius 2 is 2.13 bits per heavy atom. The van der Waals surface area contributed by atoms with Crippen molar-refractivity contribution in [2.75, 3.05) is 25.5 Å². The van der Waals surface area contributed by atoms with Crippen LogP contribution in [-0.4, -0.2) is 42.4 Å². The van der Waals surface area contributed by atoms with E-state index in [0.29, 0.717) is 12.0 Å². The second-order valence-electron chi connectivity index (χ2n) is 4.53. The zero-order valence-electron chi connectivity index (χ0n) is 9.63. The summed E-state index contributed by atoms with van der Waals surface area (Å²) in [5.41, 5.74) is 0. The minimum atomic E-state index is 0.0857. The molecule has 1 N–H and O–H groups in total. The number of hydrogen-bond acceptors (Lipinski definition) is 2. The van der Waals surface area contributed by atoms with Crippen LogP contribution < -0.4 is 5.32 Å². The average molecular weight is 233 g/mol. The van der Waals surface area contributed by atoms with E-state index in [-0.39, 0.29) is 5.91 Å². The van der Waals surface area contributed by atoms with E-state index in [1.165, 1.54) is 0 Å². The number of hydrogen-bond donors (Lipinski definition) is 1. The summed E-state index contributed by atoms with van der Waals surface area (Å²) in [5, 5.41) is 2.98. The average Bonchev–Trinajstić information content (AvgIpc) is 2.20. The highest BCUT2D eigenvalue weighted by Crippen LogP contribution is 2.12. The molecule has 15 heavy (non-hydrogen) atoms. The number of likely N-dealkylation sites (tertiary alicyclic amines) is 1. The van der Waals surface area contributed by atoms with Crippen molar-refractivity contribution >= 4 is 17.5 Å². The van der Waals surface area contributed by atoms with E-state index >= 15 is 0 Å². The maximum absolute atomic E-state index is 10.9. The van der Waals surface area contributed by atoms with Crippen molar-refractivity contribution in [2.45, 2.75) is 32.7 Å². The van der Waals surface area contributed by atoms with Crippen LogP contribution in [0.2, 0.25) is 0 Å². The number of carbonyl (C=O) groups is 1. The van der Waals surface area contributed by atoms with Gasteiger partial charge in [0.2, 0.25) is 5.91 Å².